The number of sulfonamides is 1. The molecule has 158 valence electrons. The van der Waals surface area contributed by atoms with E-state index in [-0.39, 0.29) is 16.3 Å². The maximum Gasteiger partial charge on any atom is 0.416 e. The Kier molecular flexibility index (Phi) is 5.94. The Hall–Kier alpha value is -3.18. The van der Waals surface area contributed by atoms with Crippen molar-refractivity contribution in [3.05, 3.63) is 72.6 Å². The van der Waals surface area contributed by atoms with Crippen LogP contribution >= 0.6 is 0 Å². The molecule has 0 bridgehead atoms. The molecule has 0 atom stereocenters. The maximum absolute atomic E-state index is 13.1. The van der Waals surface area contributed by atoms with Gasteiger partial charge >= 0.3 is 6.18 Å². The number of halogens is 3. The number of aromatic nitrogens is 2. The van der Waals surface area contributed by atoms with E-state index in [2.05, 4.69) is 10.4 Å². The van der Waals surface area contributed by atoms with Gasteiger partial charge in [0.25, 0.3) is 0 Å². The highest BCUT2D eigenvalue weighted by atomic mass is 32.2. The van der Waals surface area contributed by atoms with Crippen molar-refractivity contribution in [3.63, 3.8) is 0 Å². The zero-order valence-electron chi connectivity index (χ0n) is 15.7. The van der Waals surface area contributed by atoms with Gasteiger partial charge in [0, 0.05) is 19.4 Å². The van der Waals surface area contributed by atoms with Gasteiger partial charge in [0.15, 0.2) is 0 Å². The van der Waals surface area contributed by atoms with E-state index >= 15 is 0 Å². The number of anilines is 1. The second kappa shape index (κ2) is 8.28. The number of likely N-dealkylation sites (N-methyl/N-ethyl adjacent to an activating group) is 1. The van der Waals surface area contributed by atoms with E-state index < -0.39 is 34.2 Å². The summed E-state index contributed by atoms with van der Waals surface area (Å²) in [5.41, 5.74) is -0.905. The van der Waals surface area contributed by atoms with Gasteiger partial charge in [0.1, 0.15) is 0 Å². The predicted molar refractivity (Wildman–Crippen MR) is 103 cm³/mol. The van der Waals surface area contributed by atoms with Crippen LogP contribution in [0.4, 0.5) is 18.9 Å². The highest BCUT2D eigenvalue weighted by Gasteiger charge is 2.31. The molecule has 7 nitrogen and oxygen atoms in total. The first-order valence-electron chi connectivity index (χ1n) is 8.61. The van der Waals surface area contributed by atoms with E-state index in [1.54, 1.807) is 24.3 Å². The standard InChI is InChI=1S/C19H17F3N4O3S/c1-25(30(28,29)15-6-3-2-4-7-15)13-18(27)24-16-12-14(19(20,21)22)8-9-17(16)26-11-5-10-23-26/h2-12H,13H2,1H3,(H,24,27). The van der Waals surface area contributed by atoms with E-state index in [0.29, 0.717) is 0 Å². The van der Waals surface area contributed by atoms with Crippen LogP contribution in [-0.4, -0.2) is 42.0 Å². The number of amides is 1. The highest BCUT2D eigenvalue weighted by Crippen LogP contribution is 2.33. The lowest BCUT2D eigenvalue weighted by molar-refractivity contribution is -0.137. The Balaban J connectivity index is 1.85. The van der Waals surface area contributed by atoms with E-state index in [4.69, 9.17) is 0 Å². The van der Waals surface area contributed by atoms with Crippen LogP contribution in [0.2, 0.25) is 0 Å². The smallest absolute Gasteiger partial charge is 0.323 e. The summed E-state index contributed by atoms with van der Waals surface area (Å²) in [6.07, 6.45) is -1.68. The molecule has 0 spiro atoms. The van der Waals surface area contributed by atoms with Crippen LogP contribution in [0.1, 0.15) is 5.56 Å². The fourth-order valence-electron chi connectivity index (χ4n) is 2.67. The van der Waals surface area contributed by atoms with Crippen molar-refractivity contribution in [2.45, 2.75) is 11.1 Å². The van der Waals surface area contributed by atoms with Gasteiger partial charge in [-0.1, -0.05) is 18.2 Å². The Bertz CT molecular complexity index is 1130. The third kappa shape index (κ3) is 4.69. The molecule has 11 heteroatoms. The fraction of sp³-hybridized carbons (Fsp3) is 0.158. The normalized spacial score (nSPS) is 12.2. The SMILES string of the molecule is CN(CC(=O)Nc1cc(C(F)(F)F)ccc1-n1cccn1)S(=O)(=O)c1ccccc1. The first-order chi connectivity index (χ1) is 14.1. The molecular weight excluding hydrogens is 421 g/mol. The molecule has 0 aliphatic rings. The van der Waals surface area contributed by atoms with Crippen LogP contribution in [0.5, 0.6) is 0 Å². The summed E-state index contributed by atoms with van der Waals surface area (Å²) in [5.74, 6) is -0.801. The molecule has 0 saturated carbocycles. The van der Waals surface area contributed by atoms with E-state index in [9.17, 15) is 26.4 Å². The van der Waals surface area contributed by atoms with Crippen LogP contribution in [0.25, 0.3) is 5.69 Å². The highest BCUT2D eigenvalue weighted by molar-refractivity contribution is 7.89. The third-order valence-electron chi connectivity index (χ3n) is 4.17. The maximum atomic E-state index is 13.1. The quantitative estimate of drug-likeness (QED) is 0.641. The molecule has 3 rings (SSSR count). The number of carbonyl (C=O) groups excluding carboxylic acids is 1. The van der Waals surface area contributed by atoms with Gasteiger partial charge in [0.05, 0.1) is 28.4 Å². The van der Waals surface area contributed by atoms with Crippen LogP contribution in [0, 0.1) is 0 Å². The molecule has 30 heavy (non-hydrogen) atoms. The van der Waals surface area contributed by atoms with E-state index in [1.165, 1.54) is 42.3 Å². The molecule has 1 N–H and O–H groups in total. The summed E-state index contributed by atoms with van der Waals surface area (Å²) in [7, 11) is -2.73. The number of nitrogens with one attached hydrogen (secondary N) is 1. The third-order valence-corrected chi connectivity index (χ3v) is 5.98. The van der Waals surface area contributed by atoms with Crippen molar-refractivity contribution in [1.82, 2.24) is 14.1 Å². The van der Waals surface area contributed by atoms with Crippen LogP contribution < -0.4 is 5.32 Å². The molecule has 2 aromatic carbocycles. The molecule has 1 amide bonds. The van der Waals surface area contributed by atoms with Crippen molar-refractivity contribution >= 4 is 21.6 Å². The van der Waals surface area contributed by atoms with Crippen molar-refractivity contribution in [2.24, 2.45) is 0 Å². The van der Waals surface area contributed by atoms with Crippen molar-refractivity contribution in [2.75, 3.05) is 18.9 Å². The average molecular weight is 438 g/mol. The first-order valence-corrected chi connectivity index (χ1v) is 10.1. The molecule has 0 saturated heterocycles. The van der Waals surface area contributed by atoms with Crippen molar-refractivity contribution < 1.29 is 26.4 Å². The van der Waals surface area contributed by atoms with Gasteiger partial charge in [-0.15, -0.1) is 0 Å². The Morgan fingerprint density at radius 1 is 1.13 bits per heavy atom. The largest absolute Gasteiger partial charge is 0.416 e. The van der Waals surface area contributed by atoms with Crippen LogP contribution in [0.3, 0.4) is 0 Å². The topological polar surface area (TPSA) is 84.3 Å². The summed E-state index contributed by atoms with van der Waals surface area (Å²) in [6, 6.07) is 11.9. The molecule has 0 fully saturated rings. The summed E-state index contributed by atoms with van der Waals surface area (Å²) in [6.45, 7) is -0.591. The summed E-state index contributed by atoms with van der Waals surface area (Å²) in [4.78, 5) is 12.5. The summed E-state index contributed by atoms with van der Waals surface area (Å²) in [5, 5.41) is 6.32. The molecular formula is C19H17F3N4O3S. The lowest BCUT2D eigenvalue weighted by atomic mass is 10.1. The van der Waals surface area contributed by atoms with Crippen LogP contribution in [0.15, 0.2) is 71.9 Å². The average Bonchev–Trinajstić information content (AvgIpc) is 3.22. The molecule has 0 aliphatic heterocycles. The molecule has 3 aromatic rings. The van der Waals surface area contributed by atoms with Gasteiger partial charge in [-0.3, -0.25) is 4.79 Å². The number of nitrogens with zero attached hydrogens (tertiary/aromatic N) is 3. The van der Waals surface area contributed by atoms with E-state index in [1.807, 2.05) is 0 Å². The lowest BCUT2D eigenvalue weighted by Crippen LogP contribution is -2.35. The number of rotatable bonds is 6. The summed E-state index contributed by atoms with van der Waals surface area (Å²) < 4.78 is 66.5. The van der Waals surface area contributed by atoms with Gasteiger partial charge in [-0.2, -0.15) is 22.6 Å². The lowest BCUT2D eigenvalue weighted by Gasteiger charge is -2.18. The van der Waals surface area contributed by atoms with E-state index in [0.717, 1.165) is 16.4 Å². The molecule has 0 unspecified atom stereocenters. The van der Waals surface area contributed by atoms with Gasteiger partial charge in [-0.05, 0) is 36.4 Å². The first kappa shape index (κ1) is 21.5. The molecule has 0 aliphatic carbocycles. The number of hydrogen-bond acceptors (Lipinski definition) is 4. The molecule has 0 radical (unpaired) electrons. The number of alkyl halides is 3. The second-order valence-corrected chi connectivity index (χ2v) is 8.35. The predicted octanol–water partition coefficient (Wildman–Crippen LogP) is 3.15. The van der Waals surface area contributed by atoms with Crippen molar-refractivity contribution in [3.8, 4) is 5.69 Å². The monoisotopic (exact) mass is 438 g/mol. The molecule has 1 heterocycles. The number of benzene rings is 2. The second-order valence-electron chi connectivity index (χ2n) is 6.30. The van der Waals surface area contributed by atoms with Crippen molar-refractivity contribution in [1.29, 1.82) is 0 Å². The Morgan fingerprint density at radius 3 is 2.43 bits per heavy atom. The van der Waals surface area contributed by atoms with Gasteiger partial charge < -0.3 is 5.32 Å². The van der Waals surface area contributed by atoms with Gasteiger partial charge in [0.2, 0.25) is 15.9 Å². The fourth-order valence-corrected chi connectivity index (χ4v) is 3.82. The van der Waals surface area contributed by atoms with Gasteiger partial charge in [-0.25, -0.2) is 13.1 Å². The minimum Gasteiger partial charge on any atom is -0.323 e. The number of carbonyl (C=O) groups is 1. The molecule has 1 aromatic heterocycles. The zero-order chi connectivity index (χ0) is 21.9. The van der Waals surface area contributed by atoms with Crippen LogP contribution in [-0.2, 0) is 21.0 Å². The summed E-state index contributed by atoms with van der Waals surface area (Å²) >= 11 is 0. The minimum absolute atomic E-state index is 0.00315. The Labute approximate surface area is 170 Å². The minimum atomic E-state index is -4.62. The zero-order valence-corrected chi connectivity index (χ0v) is 16.5. The Morgan fingerprint density at radius 2 is 1.83 bits per heavy atom. The number of hydrogen-bond donors (Lipinski definition) is 1.